The van der Waals surface area contributed by atoms with Gasteiger partial charge in [-0.1, -0.05) is 78.9 Å². The first kappa shape index (κ1) is 31.5. The van der Waals surface area contributed by atoms with Crippen molar-refractivity contribution >= 4 is 28.8 Å². The van der Waals surface area contributed by atoms with Crippen LogP contribution in [0.1, 0.15) is 69.7 Å². The first-order chi connectivity index (χ1) is 20.6. The van der Waals surface area contributed by atoms with E-state index in [1.807, 2.05) is 85.1 Å². The zero-order valence-electron chi connectivity index (χ0n) is 25.6. The Labute approximate surface area is 254 Å². The fourth-order valence-electron chi connectivity index (χ4n) is 5.40. The number of urea groups is 1. The fraction of sp³-hybridized carbons (Fsp3) is 0.361. The number of aromatic nitrogens is 1. The molecule has 7 nitrogen and oxygen atoms in total. The molecule has 226 valence electrons. The monoisotopic (exact) mass is 581 g/mol. The van der Waals surface area contributed by atoms with E-state index in [-0.39, 0.29) is 24.9 Å². The SMILES string of the molecule is CCN(C(=O)NC(Cc1c[nH]c2ccccc12)c1ccccc1)C(=O)C(CCCc1ccccc1)CC(=O)OC(C)(C)C. The summed E-state index contributed by atoms with van der Waals surface area (Å²) in [5.41, 5.74) is 3.54. The number of carbonyl (C=O) groups is 3. The largest absolute Gasteiger partial charge is 0.460 e. The summed E-state index contributed by atoms with van der Waals surface area (Å²) >= 11 is 0. The van der Waals surface area contributed by atoms with Crippen molar-refractivity contribution in [2.45, 2.75) is 71.4 Å². The second-order valence-electron chi connectivity index (χ2n) is 11.9. The Morgan fingerprint density at radius 1 is 0.907 bits per heavy atom. The van der Waals surface area contributed by atoms with Gasteiger partial charge in [0.25, 0.3) is 0 Å². The van der Waals surface area contributed by atoms with Crippen molar-refractivity contribution in [3.05, 3.63) is 108 Å². The van der Waals surface area contributed by atoms with Crippen LogP contribution in [-0.4, -0.2) is 39.9 Å². The van der Waals surface area contributed by atoms with Gasteiger partial charge in [0.2, 0.25) is 5.91 Å². The maximum absolute atomic E-state index is 13.9. The van der Waals surface area contributed by atoms with Gasteiger partial charge in [-0.3, -0.25) is 14.5 Å². The normalized spacial score (nSPS) is 12.8. The molecule has 0 aliphatic rings. The highest BCUT2D eigenvalue weighted by Gasteiger charge is 2.32. The Bertz CT molecular complexity index is 1490. The van der Waals surface area contributed by atoms with E-state index < -0.39 is 23.5 Å². The Balaban J connectivity index is 1.52. The average molecular weight is 582 g/mol. The number of aromatic amines is 1. The minimum Gasteiger partial charge on any atom is -0.460 e. The minimum atomic E-state index is -0.673. The molecule has 2 N–H and O–H groups in total. The van der Waals surface area contributed by atoms with Crippen LogP contribution >= 0.6 is 0 Å². The first-order valence-electron chi connectivity index (χ1n) is 15.1. The van der Waals surface area contributed by atoms with Gasteiger partial charge in [0.1, 0.15) is 5.60 Å². The molecule has 0 spiro atoms. The molecule has 43 heavy (non-hydrogen) atoms. The van der Waals surface area contributed by atoms with E-state index in [0.29, 0.717) is 19.3 Å². The summed E-state index contributed by atoms with van der Waals surface area (Å²) in [6.45, 7) is 7.38. The topological polar surface area (TPSA) is 91.5 Å². The lowest BCUT2D eigenvalue weighted by molar-refractivity contribution is -0.158. The number of nitrogens with one attached hydrogen (secondary N) is 2. The molecule has 3 amide bonds. The molecule has 7 heteroatoms. The van der Waals surface area contributed by atoms with E-state index in [2.05, 4.69) is 16.4 Å². The van der Waals surface area contributed by atoms with Crippen LogP contribution in [0.3, 0.4) is 0 Å². The molecule has 2 unspecified atom stereocenters. The summed E-state index contributed by atoms with van der Waals surface area (Å²) in [5.74, 6) is -1.48. The van der Waals surface area contributed by atoms with E-state index in [1.54, 1.807) is 27.7 Å². The number of carbonyl (C=O) groups excluding carboxylic acids is 3. The number of fused-ring (bicyclic) bond motifs is 1. The quantitative estimate of drug-likeness (QED) is 0.171. The number of imide groups is 1. The number of hydrogen-bond acceptors (Lipinski definition) is 4. The molecule has 4 rings (SSSR count). The van der Waals surface area contributed by atoms with Gasteiger partial charge in [0.15, 0.2) is 0 Å². The average Bonchev–Trinajstić information content (AvgIpc) is 3.39. The molecule has 0 saturated heterocycles. The van der Waals surface area contributed by atoms with Crippen molar-refractivity contribution in [3.8, 4) is 0 Å². The maximum Gasteiger partial charge on any atom is 0.324 e. The fourth-order valence-corrected chi connectivity index (χ4v) is 5.40. The molecular weight excluding hydrogens is 538 g/mol. The van der Waals surface area contributed by atoms with Gasteiger partial charge in [0.05, 0.1) is 12.5 Å². The lowest BCUT2D eigenvalue weighted by Crippen LogP contribution is -2.48. The number of aryl methyl sites for hydroxylation is 1. The van der Waals surface area contributed by atoms with Crippen molar-refractivity contribution < 1.29 is 19.1 Å². The third-order valence-electron chi connectivity index (χ3n) is 7.47. The number of para-hydroxylation sites is 1. The van der Waals surface area contributed by atoms with E-state index in [1.165, 1.54) is 10.5 Å². The van der Waals surface area contributed by atoms with Gasteiger partial charge in [0, 0.05) is 29.6 Å². The van der Waals surface area contributed by atoms with Crippen LogP contribution in [0.5, 0.6) is 0 Å². The van der Waals surface area contributed by atoms with Gasteiger partial charge in [-0.15, -0.1) is 0 Å². The van der Waals surface area contributed by atoms with Gasteiger partial charge in [-0.05, 0) is 76.1 Å². The molecule has 0 radical (unpaired) electrons. The van der Waals surface area contributed by atoms with Crippen LogP contribution < -0.4 is 5.32 Å². The van der Waals surface area contributed by atoms with Crippen molar-refractivity contribution in [3.63, 3.8) is 0 Å². The molecule has 0 bridgehead atoms. The summed E-state index contributed by atoms with van der Waals surface area (Å²) in [4.78, 5) is 45.1. The molecule has 3 aromatic carbocycles. The Morgan fingerprint density at radius 3 is 2.23 bits per heavy atom. The Hall–Kier alpha value is -4.39. The van der Waals surface area contributed by atoms with Gasteiger partial charge < -0.3 is 15.0 Å². The van der Waals surface area contributed by atoms with Crippen molar-refractivity contribution in [1.29, 1.82) is 0 Å². The smallest absolute Gasteiger partial charge is 0.324 e. The van der Waals surface area contributed by atoms with E-state index in [4.69, 9.17) is 4.74 Å². The Kier molecular flexibility index (Phi) is 10.8. The number of benzene rings is 3. The van der Waals surface area contributed by atoms with Crippen LogP contribution in [-0.2, 0) is 27.2 Å². The number of nitrogens with zero attached hydrogens (tertiary/aromatic N) is 1. The summed E-state index contributed by atoms with van der Waals surface area (Å²) in [6, 6.07) is 27.0. The number of rotatable bonds is 12. The minimum absolute atomic E-state index is 0.0773. The standard InChI is InChI=1S/C36H43N3O4/c1-5-39(34(41)28(24-33(40)43-36(2,3)4)20-14-17-26-15-8-6-9-16-26)35(42)38-32(27-18-10-7-11-19-27)23-29-25-37-31-22-13-12-21-30(29)31/h6-13,15-16,18-19,21-22,25,28,32,37H,5,14,17,20,23-24H2,1-4H3,(H,38,42). The van der Waals surface area contributed by atoms with Crippen LogP contribution in [0.2, 0.25) is 0 Å². The van der Waals surface area contributed by atoms with Gasteiger partial charge in [-0.25, -0.2) is 4.79 Å². The molecule has 2 atom stereocenters. The van der Waals surface area contributed by atoms with Crippen molar-refractivity contribution in [2.75, 3.05) is 6.54 Å². The van der Waals surface area contributed by atoms with Gasteiger partial charge >= 0.3 is 12.0 Å². The van der Waals surface area contributed by atoms with E-state index >= 15 is 0 Å². The molecule has 0 aliphatic heterocycles. The molecule has 1 aromatic heterocycles. The van der Waals surface area contributed by atoms with Crippen LogP contribution in [0.25, 0.3) is 10.9 Å². The second-order valence-corrected chi connectivity index (χ2v) is 11.9. The molecule has 0 fully saturated rings. The third-order valence-corrected chi connectivity index (χ3v) is 7.47. The molecule has 4 aromatic rings. The molecular formula is C36H43N3O4. The zero-order chi connectivity index (χ0) is 30.8. The number of amides is 3. The predicted octanol–water partition coefficient (Wildman–Crippen LogP) is 7.38. The van der Waals surface area contributed by atoms with Crippen molar-refractivity contribution in [1.82, 2.24) is 15.2 Å². The number of hydrogen-bond donors (Lipinski definition) is 2. The van der Waals surface area contributed by atoms with E-state index in [9.17, 15) is 14.4 Å². The predicted molar refractivity (Wildman–Crippen MR) is 170 cm³/mol. The summed E-state index contributed by atoms with van der Waals surface area (Å²) in [6.07, 6.45) is 4.39. The third kappa shape index (κ3) is 9.05. The van der Waals surface area contributed by atoms with Crippen LogP contribution in [0.4, 0.5) is 4.79 Å². The summed E-state index contributed by atoms with van der Waals surface area (Å²) in [7, 11) is 0. The van der Waals surface area contributed by atoms with Crippen LogP contribution in [0.15, 0.2) is 91.1 Å². The molecule has 1 heterocycles. The summed E-state index contributed by atoms with van der Waals surface area (Å²) in [5, 5.41) is 4.23. The maximum atomic E-state index is 13.9. The lowest BCUT2D eigenvalue weighted by atomic mass is 9.95. The summed E-state index contributed by atoms with van der Waals surface area (Å²) < 4.78 is 5.56. The molecule has 0 saturated carbocycles. The second kappa shape index (κ2) is 14.7. The number of ether oxygens (including phenoxy) is 1. The first-order valence-corrected chi connectivity index (χ1v) is 15.1. The van der Waals surface area contributed by atoms with Crippen molar-refractivity contribution in [2.24, 2.45) is 5.92 Å². The highest BCUT2D eigenvalue weighted by molar-refractivity contribution is 5.97. The van der Waals surface area contributed by atoms with Gasteiger partial charge in [-0.2, -0.15) is 0 Å². The number of H-pyrrole nitrogens is 1. The van der Waals surface area contributed by atoms with E-state index in [0.717, 1.165) is 28.5 Å². The highest BCUT2D eigenvalue weighted by atomic mass is 16.6. The Morgan fingerprint density at radius 2 is 1.56 bits per heavy atom. The van der Waals surface area contributed by atoms with Crippen LogP contribution in [0, 0.1) is 5.92 Å². The number of esters is 1. The lowest BCUT2D eigenvalue weighted by Gasteiger charge is -2.28. The highest BCUT2D eigenvalue weighted by Crippen LogP contribution is 2.26. The zero-order valence-corrected chi connectivity index (χ0v) is 25.6. The molecule has 0 aliphatic carbocycles.